The van der Waals surface area contributed by atoms with E-state index in [2.05, 4.69) is 15.5 Å². The fraction of sp³-hybridized carbons (Fsp3) is 0.385. The van der Waals surface area contributed by atoms with Gasteiger partial charge in [-0.1, -0.05) is 23.7 Å². The third kappa shape index (κ3) is 2.06. The molecular weight excluding hydrogens is 280 g/mol. The second-order valence-corrected chi connectivity index (χ2v) is 5.44. The summed E-state index contributed by atoms with van der Waals surface area (Å²) in [6.07, 6.45) is 2.51. The molecule has 7 heteroatoms. The summed E-state index contributed by atoms with van der Waals surface area (Å²) in [6.45, 7) is 0. The molecule has 0 aliphatic heterocycles. The van der Waals surface area contributed by atoms with Crippen molar-refractivity contribution in [1.82, 2.24) is 20.2 Å². The highest BCUT2D eigenvalue weighted by molar-refractivity contribution is 6.30. The van der Waals surface area contributed by atoms with Gasteiger partial charge in [0.25, 0.3) is 0 Å². The Labute approximate surface area is 120 Å². The number of hydrogen-bond donors (Lipinski definition) is 1. The lowest BCUT2D eigenvalue weighted by atomic mass is 9.77. The molecule has 0 atom stereocenters. The van der Waals surface area contributed by atoms with Gasteiger partial charge in [0.2, 0.25) is 0 Å². The van der Waals surface area contributed by atoms with Crippen LogP contribution in [-0.4, -0.2) is 31.3 Å². The number of rotatable bonds is 4. The van der Waals surface area contributed by atoms with Crippen LogP contribution in [0.4, 0.5) is 0 Å². The molecule has 3 rings (SSSR count). The molecule has 0 unspecified atom stereocenters. The van der Waals surface area contributed by atoms with Crippen molar-refractivity contribution in [2.75, 3.05) is 0 Å². The maximum absolute atomic E-state index is 11.5. The summed E-state index contributed by atoms with van der Waals surface area (Å²) in [4.78, 5) is 11.5. The van der Waals surface area contributed by atoms with Gasteiger partial charge in [-0.05, 0) is 47.4 Å². The Balaban J connectivity index is 1.90. The van der Waals surface area contributed by atoms with Gasteiger partial charge in [0.15, 0.2) is 11.4 Å². The van der Waals surface area contributed by atoms with E-state index in [1.54, 1.807) is 12.1 Å². The lowest BCUT2D eigenvalue weighted by molar-refractivity contribution is -0.153. The number of carboxylic acids is 1. The van der Waals surface area contributed by atoms with Crippen LogP contribution in [0.15, 0.2) is 24.3 Å². The van der Waals surface area contributed by atoms with E-state index in [-0.39, 0.29) is 0 Å². The largest absolute Gasteiger partial charge is 0.479 e. The molecular formula is C13H13ClN4O2. The molecule has 1 saturated carbocycles. The van der Waals surface area contributed by atoms with E-state index in [0.29, 0.717) is 30.1 Å². The number of nitrogens with zero attached hydrogens (tertiary/aromatic N) is 4. The van der Waals surface area contributed by atoms with Gasteiger partial charge in [0, 0.05) is 11.4 Å². The summed E-state index contributed by atoms with van der Waals surface area (Å²) < 4.78 is 1.47. The maximum Gasteiger partial charge on any atom is 0.331 e. The topological polar surface area (TPSA) is 80.9 Å². The second-order valence-electron chi connectivity index (χ2n) is 5.00. The summed E-state index contributed by atoms with van der Waals surface area (Å²) in [5.41, 5.74) is 0.0240. The number of carbonyl (C=O) groups is 1. The Morgan fingerprint density at radius 1 is 1.35 bits per heavy atom. The monoisotopic (exact) mass is 292 g/mol. The van der Waals surface area contributed by atoms with Crippen molar-refractivity contribution in [3.05, 3.63) is 40.7 Å². The van der Waals surface area contributed by atoms with Crippen LogP contribution in [-0.2, 0) is 16.8 Å². The van der Waals surface area contributed by atoms with Crippen molar-refractivity contribution in [1.29, 1.82) is 0 Å². The van der Waals surface area contributed by atoms with Crippen LogP contribution in [0, 0.1) is 0 Å². The normalized spacial score (nSPS) is 16.6. The smallest absolute Gasteiger partial charge is 0.331 e. The summed E-state index contributed by atoms with van der Waals surface area (Å²) >= 11 is 5.85. The van der Waals surface area contributed by atoms with Gasteiger partial charge in [0.1, 0.15) is 0 Å². The Kier molecular flexibility index (Phi) is 3.17. The number of carboxylic acid groups (broad SMARTS) is 1. The molecule has 1 fully saturated rings. The van der Waals surface area contributed by atoms with Crippen LogP contribution in [0.5, 0.6) is 0 Å². The average molecular weight is 293 g/mol. The van der Waals surface area contributed by atoms with Crippen LogP contribution >= 0.6 is 11.6 Å². The van der Waals surface area contributed by atoms with Crippen LogP contribution in [0.2, 0.25) is 5.02 Å². The zero-order valence-electron chi connectivity index (χ0n) is 10.7. The lowest BCUT2D eigenvalue weighted by Crippen LogP contribution is -2.49. The van der Waals surface area contributed by atoms with Crippen molar-refractivity contribution in [3.8, 4) is 0 Å². The average Bonchev–Trinajstić information content (AvgIpc) is 2.79. The van der Waals surface area contributed by atoms with Gasteiger partial charge in [-0.15, -0.1) is 5.10 Å². The predicted octanol–water partition coefficient (Wildman–Crippen LogP) is 1.88. The van der Waals surface area contributed by atoms with Crippen LogP contribution < -0.4 is 0 Å². The molecule has 0 spiro atoms. The molecule has 0 bridgehead atoms. The second kappa shape index (κ2) is 4.86. The maximum atomic E-state index is 11.5. The van der Waals surface area contributed by atoms with Gasteiger partial charge >= 0.3 is 5.97 Å². The number of hydrogen-bond acceptors (Lipinski definition) is 4. The van der Waals surface area contributed by atoms with E-state index >= 15 is 0 Å². The number of halogens is 1. The molecule has 1 aliphatic carbocycles. The Morgan fingerprint density at radius 3 is 2.60 bits per heavy atom. The standard InChI is InChI=1S/C13H13ClN4O2/c14-10-4-2-9(3-5-10)8-11-15-16-17-18(11)13(12(19)20)6-1-7-13/h2-5H,1,6-8H2,(H,19,20). The molecule has 1 aromatic heterocycles. The minimum absolute atomic E-state index is 0.485. The van der Waals surface area contributed by atoms with Crippen molar-refractivity contribution in [2.45, 2.75) is 31.2 Å². The van der Waals surface area contributed by atoms with Gasteiger partial charge in [-0.3, -0.25) is 0 Å². The number of tetrazole rings is 1. The van der Waals surface area contributed by atoms with Crippen LogP contribution in [0.3, 0.4) is 0 Å². The zero-order chi connectivity index (χ0) is 14.2. The van der Waals surface area contributed by atoms with Gasteiger partial charge in [0.05, 0.1) is 0 Å². The first-order chi connectivity index (χ1) is 9.62. The minimum Gasteiger partial charge on any atom is -0.479 e. The van der Waals surface area contributed by atoms with Gasteiger partial charge in [-0.25, -0.2) is 9.48 Å². The van der Waals surface area contributed by atoms with E-state index < -0.39 is 11.5 Å². The molecule has 0 saturated heterocycles. The molecule has 1 aromatic carbocycles. The van der Waals surface area contributed by atoms with E-state index in [9.17, 15) is 9.90 Å². The fourth-order valence-electron chi connectivity index (χ4n) is 2.46. The Hall–Kier alpha value is -1.95. The molecule has 6 nitrogen and oxygen atoms in total. The molecule has 2 aromatic rings. The lowest BCUT2D eigenvalue weighted by Gasteiger charge is -2.37. The summed E-state index contributed by atoms with van der Waals surface area (Å²) in [7, 11) is 0. The SMILES string of the molecule is O=C(O)C1(n2nnnc2Cc2ccc(Cl)cc2)CCC1. The molecule has 1 N–H and O–H groups in total. The highest BCUT2D eigenvalue weighted by atomic mass is 35.5. The van der Waals surface area contributed by atoms with Crippen LogP contribution in [0.1, 0.15) is 30.7 Å². The van der Waals surface area contributed by atoms with Crippen molar-refractivity contribution in [3.63, 3.8) is 0 Å². The third-order valence-corrected chi connectivity index (χ3v) is 4.05. The number of aromatic nitrogens is 4. The summed E-state index contributed by atoms with van der Waals surface area (Å²) in [5.74, 6) is -0.303. The van der Waals surface area contributed by atoms with Gasteiger partial charge < -0.3 is 5.11 Å². The summed E-state index contributed by atoms with van der Waals surface area (Å²) in [6, 6.07) is 7.35. The Morgan fingerprint density at radius 2 is 2.05 bits per heavy atom. The first-order valence-electron chi connectivity index (χ1n) is 6.37. The molecule has 20 heavy (non-hydrogen) atoms. The fourth-order valence-corrected chi connectivity index (χ4v) is 2.59. The Bertz CT molecular complexity index is 634. The molecule has 104 valence electrons. The zero-order valence-corrected chi connectivity index (χ0v) is 11.4. The van der Waals surface area contributed by atoms with Crippen molar-refractivity contribution < 1.29 is 9.90 Å². The molecule has 1 aliphatic rings. The van der Waals surface area contributed by atoms with E-state index in [1.165, 1.54) is 4.68 Å². The molecule has 1 heterocycles. The predicted molar refractivity (Wildman–Crippen MR) is 71.5 cm³/mol. The number of benzene rings is 1. The van der Waals surface area contributed by atoms with E-state index in [4.69, 9.17) is 11.6 Å². The van der Waals surface area contributed by atoms with Crippen molar-refractivity contribution in [2.24, 2.45) is 0 Å². The van der Waals surface area contributed by atoms with E-state index in [0.717, 1.165) is 12.0 Å². The van der Waals surface area contributed by atoms with Crippen molar-refractivity contribution >= 4 is 17.6 Å². The first-order valence-corrected chi connectivity index (χ1v) is 6.75. The molecule has 0 radical (unpaired) electrons. The highest BCUT2D eigenvalue weighted by Crippen LogP contribution is 2.39. The van der Waals surface area contributed by atoms with Crippen LogP contribution in [0.25, 0.3) is 0 Å². The quantitative estimate of drug-likeness (QED) is 0.930. The third-order valence-electron chi connectivity index (χ3n) is 3.79. The number of aliphatic carboxylic acids is 1. The highest BCUT2D eigenvalue weighted by Gasteiger charge is 2.48. The summed E-state index contributed by atoms with van der Waals surface area (Å²) in [5, 5.41) is 21.6. The minimum atomic E-state index is -0.967. The first kappa shape index (κ1) is 13.1. The van der Waals surface area contributed by atoms with Gasteiger partial charge in [-0.2, -0.15) is 0 Å². The van der Waals surface area contributed by atoms with E-state index in [1.807, 2.05) is 12.1 Å². The molecule has 0 amide bonds.